The number of rotatable bonds is 1. The van der Waals surface area contributed by atoms with Crippen LogP contribution in [0.4, 0.5) is 13.2 Å². The number of aromatic nitrogens is 2. The fraction of sp³-hybridized carbons (Fsp3) is 0.400. The summed E-state index contributed by atoms with van der Waals surface area (Å²) in [5.41, 5.74) is 4.40. The molecule has 68 valence electrons. The van der Waals surface area contributed by atoms with Crippen molar-refractivity contribution >= 4 is 15.9 Å². The third-order valence-electron chi connectivity index (χ3n) is 1.25. The van der Waals surface area contributed by atoms with Gasteiger partial charge in [-0.15, -0.1) is 0 Å². The summed E-state index contributed by atoms with van der Waals surface area (Å²) in [6, 6.07) is 0. The molecule has 0 amide bonds. The van der Waals surface area contributed by atoms with Crippen LogP contribution in [-0.2, 0) is 12.7 Å². The smallest absolute Gasteiger partial charge is 0.325 e. The average molecular weight is 244 g/mol. The van der Waals surface area contributed by atoms with Gasteiger partial charge in [0, 0.05) is 6.54 Å². The second kappa shape index (κ2) is 3.06. The highest BCUT2D eigenvalue weighted by molar-refractivity contribution is 9.10. The summed E-state index contributed by atoms with van der Waals surface area (Å²) in [6.45, 7) is -0.0346. The van der Waals surface area contributed by atoms with Gasteiger partial charge in [0.05, 0.1) is 10.2 Å². The van der Waals surface area contributed by atoms with Gasteiger partial charge < -0.3 is 5.73 Å². The number of nitrogens with zero attached hydrogens (tertiary/aromatic N) is 1. The highest BCUT2D eigenvalue weighted by Crippen LogP contribution is 2.34. The summed E-state index contributed by atoms with van der Waals surface area (Å²) >= 11 is 2.75. The summed E-state index contributed by atoms with van der Waals surface area (Å²) in [5.74, 6) is 0. The maximum absolute atomic E-state index is 12.1. The molecule has 7 heteroatoms. The van der Waals surface area contributed by atoms with Gasteiger partial charge in [-0.05, 0) is 15.9 Å². The topological polar surface area (TPSA) is 54.7 Å². The first-order valence-corrected chi connectivity index (χ1v) is 3.76. The molecular formula is C5H5BrF3N3. The first-order valence-electron chi connectivity index (χ1n) is 2.96. The Bertz CT molecular complexity index is 280. The Labute approximate surface area is 74.3 Å². The average Bonchev–Trinajstić information content (AvgIpc) is 2.29. The second-order valence-electron chi connectivity index (χ2n) is 2.06. The zero-order valence-corrected chi connectivity index (χ0v) is 7.33. The van der Waals surface area contributed by atoms with E-state index in [-0.39, 0.29) is 16.7 Å². The predicted molar refractivity (Wildman–Crippen MR) is 39.2 cm³/mol. The molecule has 0 radical (unpaired) electrons. The van der Waals surface area contributed by atoms with Crippen molar-refractivity contribution in [3.8, 4) is 0 Å². The minimum atomic E-state index is -4.42. The van der Waals surface area contributed by atoms with E-state index in [1.165, 1.54) is 0 Å². The van der Waals surface area contributed by atoms with Crippen LogP contribution in [0.3, 0.4) is 0 Å². The van der Waals surface area contributed by atoms with Crippen LogP contribution in [0.1, 0.15) is 11.4 Å². The second-order valence-corrected chi connectivity index (χ2v) is 2.85. The Morgan fingerprint density at radius 2 is 2.08 bits per heavy atom. The number of nitrogens with one attached hydrogen (secondary N) is 1. The van der Waals surface area contributed by atoms with E-state index < -0.39 is 11.9 Å². The minimum Gasteiger partial charge on any atom is -0.325 e. The van der Waals surface area contributed by atoms with Gasteiger partial charge in [-0.3, -0.25) is 5.10 Å². The molecule has 3 N–H and O–H groups in total. The standard InChI is InChI=1S/C5H5BrF3N3/c6-3-2(1-10)11-12-4(3)5(7,8)9/h1,10H2,(H,11,12). The maximum atomic E-state index is 12.1. The summed E-state index contributed by atoms with van der Waals surface area (Å²) in [5, 5.41) is 5.25. The SMILES string of the molecule is NCc1n[nH]c(C(F)(F)F)c1Br. The van der Waals surface area contributed by atoms with Gasteiger partial charge in [0.2, 0.25) is 0 Å². The number of nitrogens with two attached hydrogens (primary N) is 1. The summed E-state index contributed by atoms with van der Waals surface area (Å²) in [7, 11) is 0. The Kier molecular flexibility index (Phi) is 2.43. The van der Waals surface area contributed by atoms with Crippen LogP contribution in [0.2, 0.25) is 0 Å². The number of hydrogen-bond acceptors (Lipinski definition) is 2. The third-order valence-corrected chi connectivity index (χ3v) is 2.11. The molecule has 0 atom stereocenters. The Morgan fingerprint density at radius 1 is 1.50 bits per heavy atom. The lowest BCUT2D eigenvalue weighted by molar-refractivity contribution is -0.141. The molecule has 0 aliphatic carbocycles. The van der Waals surface area contributed by atoms with Crippen LogP contribution in [-0.4, -0.2) is 10.2 Å². The van der Waals surface area contributed by atoms with Crippen LogP contribution in [0.15, 0.2) is 4.47 Å². The van der Waals surface area contributed by atoms with Crippen LogP contribution in [0.25, 0.3) is 0 Å². The molecule has 0 aliphatic rings. The van der Waals surface area contributed by atoms with E-state index in [9.17, 15) is 13.2 Å². The van der Waals surface area contributed by atoms with Gasteiger partial charge in [-0.1, -0.05) is 0 Å². The molecule has 12 heavy (non-hydrogen) atoms. The number of alkyl halides is 3. The molecule has 0 bridgehead atoms. The fourth-order valence-corrected chi connectivity index (χ4v) is 1.25. The van der Waals surface area contributed by atoms with Gasteiger partial charge in [0.1, 0.15) is 0 Å². The lowest BCUT2D eigenvalue weighted by atomic mass is 10.3. The molecule has 1 aromatic rings. The van der Waals surface area contributed by atoms with E-state index in [1.807, 2.05) is 5.10 Å². The molecule has 0 aromatic carbocycles. The lowest BCUT2D eigenvalue weighted by Gasteiger charge is -2.02. The lowest BCUT2D eigenvalue weighted by Crippen LogP contribution is -2.06. The molecule has 0 fully saturated rings. The zero-order chi connectivity index (χ0) is 9.35. The Balaban J connectivity index is 3.11. The van der Waals surface area contributed by atoms with Crippen molar-refractivity contribution < 1.29 is 13.2 Å². The van der Waals surface area contributed by atoms with Crippen molar-refractivity contribution in [3.05, 3.63) is 15.9 Å². The van der Waals surface area contributed by atoms with Gasteiger partial charge >= 0.3 is 6.18 Å². The van der Waals surface area contributed by atoms with Crippen LogP contribution in [0.5, 0.6) is 0 Å². The fourth-order valence-electron chi connectivity index (χ4n) is 0.689. The summed E-state index contributed by atoms with van der Waals surface area (Å²) in [4.78, 5) is 0. The van der Waals surface area contributed by atoms with E-state index >= 15 is 0 Å². The Morgan fingerprint density at radius 3 is 2.33 bits per heavy atom. The van der Waals surface area contributed by atoms with E-state index in [4.69, 9.17) is 5.73 Å². The predicted octanol–water partition coefficient (Wildman–Crippen LogP) is 1.65. The first kappa shape index (κ1) is 9.53. The van der Waals surface area contributed by atoms with E-state index in [2.05, 4.69) is 21.0 Å². The molecule has 3 nitrogen and oxygen atoms in total. The van der Waals surface area contributed by atoms with Crippen molar-refractivity contribution in [3.63, 3.8) is 0 Å². The van der Waals surface area contributed by atoms with Crippen LogP contribution < -0.4 is 5.73 Å². The quantitative estimate of drug-likeness (QED) is 0.789. The molecule has 0 saturated heterocycles. The molecule has 0 saturated carbocycles. The molecule has 0 spiro atoms. The largest absolute Gasteiger partial charge is 0.433 e. The van der Waals surface area contributed by atoms with E-state index in [0.29, 0.717) is 0 Å². The minimum absolute atomic E-state index is 0.0346. The summed E-state index contributed by atoms with van der Waals surface area (Å²) < 4.78 is 36.1. The van der Waals surface area contributed by atoms with Crippen molar-refractivity contribution in [2.45, 2.75) is 12.7 Å². The molecular weight excluding hydrogens is 239 g/mol. The number of halogens is 4. The number of H-pyrrole nitrogens is 1. The van der Waals surface area contributed by atoms with Gasteiger partial charge in [0.25, 0.3) is 0 Å². The van der Waals surface area contributed by atoms with Crippen molar-refractivity contribution in [2.75, 3.05) is 0 Å². The molecule has 0 unspecified atom stereocenters. The monoisotopic (exact) mass is 243 g/mol. The van der Waals surface area contributed by atoms with Gasteiger partial charge in [-0.2, -0.15) is 18.3 Å². The normalized spacial score (nSPS) is 12.1. The number of aromatic amines is 1. The molecule has 0 aliphatic heterocycles. The summed E-state index contributed by atoms with van der Waals surface area (Å²) in [6.07, 6.45) is -4.42. The van der Waals surface area contributed by atoms with Crippen LogP contribution >= 0.6 is 15.9 Å². The van der Waals surface area contributed by atoms with Gasteiger partial charge in [0.15, 0.2) is 5.69 Å². The molecule has 1 heterocycles. The maximum Gasteiger partial charge on any atom is 0.433 e. The Hall–Kier alpha value is -0.560. The third kappa shape index (κ3) is 1.61. The highest BCUT2D eigenvalue weighted by Gasteiger charge is 2.36. The first-order chi connectivity index (χ1) is 5.46. The van der Waals surface area contributed by atoms with Crippen molar-refractivity contribution in [2.24, 2.45) is 5.73 Å². The van der Waals surface area contributed by atoms with E-state index in [1.54, 1.807) is 0 Å². The highest BCUT2D eigenvalue weighted by atomic mass is 79.9. The number of hydrogen-bond donors (Lipinski definition) is 2. The van der Waals surface area contributed by atoms with Crippen molar-refractivity contribution in [1.29, 1.82) is 0 Å². The van der Waals surface area contributed by atoms with E-state index in [0.717, 1.165) is 0 Å². The van der Waals surface area contributed by atoms with Crippen LogP contribution in [0, 0.1) is 0 Å². The zero-order valence-electron chi connectivity index (χ0n) is 5.74. The van der Waals surface area contributed by atoms with Gasteiger partial charge in [-0.25, -0.2) is 0 Å². The van der Waals surface area contributed by atoms with Crippen molar-refractivity contribution in [1.82, 2.24) is 10.2 Å². The molecule has 1 rings (SSSR count). The molecule has 1 aromatic heterocycles.